The molecule has 2 rings (SSSR count). The Morgan fingerprint density at radius 1 is 1.17 bits per heavy atom. The molecule has 0 atom stereocenters. The number of hydrogen-bond donors (Lipinski definition) is 1. The monoisotopic (exact) mass is 383 g/mol. The molecule has 0 radical (unpaired) electrons. The van der Waals surface area contributed by atoms with Crippen LogP contribution >= 0.6 is 23.2 Å². The number of halogens is 2. The molecule has 0 heterocycles. The van der Waals surface area contributed by atoms with E-state index in [1.165, 1.54) is 6.08 Å². The SMILES string of the molecule is CS(=O)(=O)Cc1cccc(NC(=O)C=Cc2cccc(Cl)c2Cl)c1. The maximum Gasteiger partial charge on any atom is 0.248 e. The fourth-order valence-electron chi connectivity index (χ4n) is 2.04. The molecule has 0 spiro atoms. The molecule has 0 saturated heterocycles. The molecule has 126 valence electrons. The van der Waals surface area contributed by atoms with Crippen LogP contribution in [0.3, 0.4) is 0 Å². The number of sulfone groups is 1. The number of carbonyl (C=O) groups excluding carboxylic acids is 1. The summed E-state index contributed by atoms with van der Waals surface area (Å²) in [5.74, 6) is -0.437. The van der Waals surface area contributed by atoms with Gasteiger partial charge in [0.15, 0.2) is 9.84 Å². The normalized spacial score (nSPS) is 11.6. The Labute approximate surface area is 151 Å². The van der Waals surface area contributed by atoms with Crippen molar-refractivity contribution in [2.24, 2.45) is 0 Å². The minimum Gasteiger partial charge on any atom is -0.323 e. The van der Waals surface area contributed by atoms with Crippen LogP contribution in [0.2, 0.25) is 10.0 Å². The van der Waals surface area contributed by atoms with Crippen molar-refractivity contribution in [1.82, 2.24) is 0 Å². The van der Waals surface area contributed by atoms with Crippen LogP contribution in [0.5, 0.6) is 0 Å². The quantitative estimate of drug-likeness (QED) is 0.787. The van der Waals surface area contributed by atoms with Gasteiger partial charge in [-0.25, -0.2) is 8.42 Å². The van der Waals surface area contributed by atoms with Crippen LogP contribution in [-0.4, -0.2) is 20.6 Å². The van der Waals surface area contributed by atoms with Gasteiger partial charge in [-0.05, 0) is 35.4 Å². The third-order valence-electron chi connectivity index (χ3n) is 3.02. The second kappa shape index (κ2) is 7.83. The summed E-state index contributed by atoms with van der Waals surface area (Å²) in [6, 6.07) is 11.8. The van der Waals surface area contributed by atoms with Gasteiger partial charge in [-0.2, -0.15) is 0 Å². The molecule has 0 fully saturated rings. The molecular formula is C17H15Cl2NO3S. The standard InChI is InChI=1S/C17H15Cl2NO3S/c1-24(22,23)11-12-4-2-6-14(10-12)20-16(21)9-8-13-5-3-7-15(18)17(13)19/h2-10H,11H2,1H3,(H,20,21). The van der Waals surface area contributed by atoms with Crippen LogP contribution in [0.15, 0.2) is 48.5 Å². The molecule has 0 unspecified atom stereocenters. The van der Waals surface area contributed by atoms with Gasteiger partial charge in [-0.1, -0.05) is 47.5 Å². The summed E-state index contributed by atoms with van der Waals surface area (Å²) in [4.78, 5) is 12.0. The van der Waals surface area contributed by atoms with E-state index in [0.717, 1.165) is 6.26 Å². The highest BCUT2D eigenvalue weighted by Crippen LogP contribution is 2.26. The number of anilines is 1. The highest BCUT2D eigenvalue weighted by atomic mass is 35.5. The van der Waals surface area contributed by atoms with Crippen molar-refractivity contribution in [1.29, 1.82) is 0 Å². The van der Waals surface area contributed by atoms with Gasteiger partial charge in [0, 0.05) is 18.0 Å². The molecule has 0 aliphatic rings. The van der Waals surface area contributed by atoms with Crippen molar-refractivity contribution in [2.45, 2.75) is 5.75 Å². The van der Waals surface area contributed by atoms with Crippen LogP contribution in [0.25, 0.3) is 6.08 Å². The van der Waals surface area contributed by atoms with E-state index in [0.29, 0.717) is 26.9 Å². The summed E-state index contributed by atoms with van der Waals surface area (Å²) in [5.41, 5.74) is 1.75. The number of rotatable bonds is 5. The summed E-state index contributed by atoms with van der Waals surface area (Å²) >= 11 is 12.0. The van der Waals surface area contributed by atoms with Crippen molar-refractivity contribution in [3.8, 4) is 0 Å². The number of benzene rings is 2. The zero-order valence-electron chi connectivity index (χ0n) is 12.8. The van der Waals surface area contributed by atoms with Crippen LogP contribution in [0, 0.1) is 0 Å². The van der Waals surface area contributed by atoms with Gasteiger partial charge < -0.3 is 5.32 Å². The number of hydrogen-bond acceptors (Lipinski definition) is 3. The van der Waals surface area contributed by atoms with Gasteiger partial charge in [0.2, 0.25) is 5.91 Å². The van der Waals surface area contributed by atoms with Crippen molar-refractivity contribution in [3.05, 3.63) is 69.7 Å². The minimum absolute atomic E-state index is 0.0787. The lowest BCUT2D eigenvalue weighted by atomic mass is 10.2. The van der Waals surface area contributed by atoms with Crippen molar-refractivity contribution in [2.75, 3.05) is 11.6 Å². The molecule has 0 aromatic heterocycles. The smallest absolute Gasteiger partial charge is 0.248 e. The van der Waals surface area contributed by atoms with Crippen LogP contribution in [0.4, 0.5) is 5.69 Å². The fraction of sp³-hybridized carbons (Fsp3) is 0.118. The third kappa shape index (κ3) is 5.67. The van der Waals surface area contributed by atoms with E-state index in [1.807, 2.05) is 0 Å². The highest BCUT2D eigenvalue weighted by molar-refractivity contribution is 7.89. The summed E-state index contributed by atoms with van der Waals surface area (Å²) in [7, 11) is -3.13. The van der Waals surface area contributed by atoms with Crippen molar-refractivity contribution >= 4 is 50.7 Å². The van der Waals surface area contributed by atoms with Gasteiger partial charge in [0.25, 0.3) is 0 Å². The molecule has 1 N–H and O–H groups in total. The Hall–Kier alpha value is -1.82. The van der Waals surface area contributed by atoms with Crippen LogP contribution < -0.4 is 5.32 Å². The van der Waals surface area contributed by atoms with E-state index < -0.39 is 9.84 Å². The molecule has 1 amide bonds. The van der Waals surface area contributed by atoms with Gasteiger partial charge >= 0.3 is 0 Å². The van der Waals surface area contributed by atoms with Crippen molar-refractivity contribution in [3.63, 3.8) is 0 Å². The molecule has 2 aromatic carbocycles. The van der Waals surface area contributed by atoms with E-state index >= 15 is 0 Å². The van der Waals surface area contributed by atoms with E-state index in [9.17, 15) is 13.2 Å². The van der Waals surface area contributed by atoms with Crippen LogP contribution in [-0.2, 0) is 20.4 Å². The molecule has 7 heteroatoms. The lowest BCUT2D eigenvalue weighted by Crippen LogP contribution is -2.08. The Kier molecular flexibility index (Phi) is 6.04. The predicted molar refractivity (Wildman–Crippen MR) is 99.1 cm³/mol. The Bertz CT molecular complexity index is 892. The average Bonchev–Trinajstić information content (AvgIpc) is 2.47. The van der Waals surface area contributed by atoms with Crippen molar-refractivity contribution < 1.29 is 13.2 Å². The molecule has 0 aliphatic carbocycles. The predicted octanol–water partition coefficient (Wildman–Crippen LogP) is 4.19. The minimum atomic E-state index is -3.13. The molecule has 0 saturated carbocycles. The summed E-state index contributed by atoms with van der Waals surface area (Å²) in [6.45, 7) is 0. The lowest BCUT2D eigenvalue weighted by molar-refractivity contribution is -0.111. The first-order valence-corrected chi connectivity index (χ1v) is 9.76. The maximum absolute atomic E-state index is 12.0. The second-order valence-corrected chi connectivity index (χ2v) is 8.16. The van der Waals surface area contributed by atoms with E-state index in [4.69, 9.17) is 23.2 Å². The Balaban J connectivity index is 2.08. The van der Waals surface area contributed by atoms with E-state index in [1.54, 1.807) is 48.5 Å². The van der Waals surface area contributed by atoms with Crippen LogP contribution in [0.1, 0.15) is 11.1 Å². The average molecular weight is 384 g/mol. The summed E-state index contributed by atoms with van der Waals surface area (Å²) < 4.78 is 22.7. The molecule has 2 aromatic rings. The zero-order chi connectivity index (χ0) is 17.7. The zero-order valence-corrected chi connectivity index (χ0v) is 15.1. The number of nitrogens with one attached hydrogen (secondary N) is 1. The maximum atomic E-state index is 12.0. The second-order valence-electron chi connectivity index (χ2n) is 5.24. The van der Waals surface area contributed by atoms with Gasteiger partial charge in [-0.15, -0.1) is 0 Å². The molecular weight excluding hydrogens is 369 g/mol. The molecule has 0 aliphatic heterocycles. The third-order valence-corrected chi connectivity index (χ3v) is 4.71. The fourth-order valence-corrected chi connectivity index (χ4v) is 3.20. The van der Waals surface area contributed by atoms with Gasteiger partial charge in [0.1, 0.15) is 0 Å². The Morgan fingerprint density at radius 2 is 1.88 bits per heavy atom. The summed E-state index contributed by atoms with van der Waals surface area (Å²) in [5, 5.41) is 3.46. The van der Waals surface area contributed by atoms with E-state index in [2.05, 4.69) is 5.32 Å². The lowest BCUT2D eigenvalue weighted by Gasteiger charge is -2.05. The van der Waals surface area contributed by atoms with Gasteiger partial charge in [0.05, 0.1) is 15.8 Å². The molecule has 24 heavy (non-hydrogen) atoms. The highest BCUT2D eigenvalue weighted by Gasteiger charge is 2.06. The molecule has 4 nitrogen and oxygen atoms in total. The van der Waals surface area contributed by atoms with E-state index in [-0.39, 0.29) is 11.7 Å². The number of carbonyl (C=O) groups is 1. The largest absolute Gasteiger partial charge is 0.323 e. The van der Waals surface area contributed by atoms with Gasteiger partial charge in [-0.3, -0.25) is 4.79 Å². The first-order valence-electron chi connectivity index (χ1n) is 6.94. The summed E-state index contributed by atoms with van der Waals surface area (Å²) in [6.07, 6.45) is 4.06. The first-order chi connectivity index (χ1) is 11.2. The Morgan fingerprint density at radius 3 is 2.58 bits per heavy atom. The first kappa shape index (κ1) is 18.5. The topological polar surface area (TPSA) is 63.2 Å². The number of amides is 1. The molecule has 0 bridgehead atoms.